The summed E-state index contributed by atoms with van der Waals surface area (Å²) in [7, 11) is -3.05. The highest BCUT2D eigenvalue weighted by Crippen LogP contribution is 2.12. The molecule has 1 unspecified atom stereocenters. The van der Waals surface area contributed by atoms with E-state index in [4.69, 9.17) is 0 Å². The predicted octanol–water partition coefficient (Wildman–Crippen LogP) is 0.528. The molecule has 2 heterocycles. The summed E-state index contributed by atoms with van der Waals surface area (Å²) in [5, 5.41) is 5.43. The molecule has 8 heteroatoms. The second-order valence-electron chi connectivity index (χ2n) is 5.61. The summed E-state index contributed by atoms with van der Waals surface area (Å²) in [4.78, 5) is 28.1. The SMILES string of the molecule is CCCCNC(=O)c1cc(C(=O)NC2CCS(=O)(=O)C2)ccn1. The van der Waals surface area contributed by atoms with Crippen molar-refractivity contribution in [1.29, 1.82) is 0 Å². The Bertz CT molecular complexity index is 688. The van der Waals surface area contributed by atoms with E-state index >= 15 is 0 Å². The third-order valence-corrected chi connectivity index (χ3v) is 5.41. The van der Waals surface area contributed by atoms with Gasteiger partial charge >= 0.3 is 0 Å². The predicted molar refractivity (Wildman–Crippen MR) is 86.0 cm³/mol. The molecule has 0 spiro atoms. The zero-order chi connectivity index (χ0) is 16.9. The van der Waals surface area contributed by atoms with Gasteiger partial charge in [0.15, 0.2) is 9.84 Å². The number of nitrogens with one attached hydrogen (secondary N) is 2. The van der Waals surface area contributed by atoms with Crippen LogP contribution in [-0.2, 0) is 9.84 Å². The molecule has 0 aromatic carbocycles. The van der Waals surface area contributed by atoms with E-state index in [-0.39, 0.29) is 29.1 Å². The molecule has 1 aromatic rings. The minimum absolute atomic E-state index is 0.0335. The first-order chi connectivity index (χ1) is 10.9. The highest BCUT2D eigenvalue weighted by Gasteiger charge is 2.29. The first kappa shape index (κ1) is 17.4. The quantitative estimate of drug-likeness (QED) is 0.736. The number of pyridine rings is 1. The van der Waals surface area contributed by atoms with Gasteiger partial charge in [0.05, 0.1) is 11.5 Å². The maximum absolute atomic E-state index is 12.2. The number of carbonyl (C=O) groups excluding carboxylic acids is 2. The summed E-state index contributed by atoms with van der Waals surface area (Å²) in [6, 6.07) is 2.55. The van der Waals surface area contributed by atoms with Crippen LogP contribution in [0, 0.1) is 0 Å². The van der Waals surface area contributed by atoms with Gasteiger partial charge in [0.2, 0.25) is 0 Å². The number of unbranched alkanes of at least 4 members (excludes halogenated alkanes) is 1. The zero-order valence-electron chi connectivity index (χ0n) is 13.0. The Morgan fingerprint density at radius 3 is 2.78 bits per heavy atom. The van der Waals surface area contributed by atoms with E-state index in [9.17, 15) is 18.0 Å². The van der Waals surface area contributed by atoms with Crippen molar-refractivity contribution in [1.82, 2.24) is 15.6 Å². The third kappa shape index (κ3) is 5.02. The average Bonchev–Trinajstić information content (AvgIpc) is 2.86. The summed E-state index contributed by atoms with van der Waals surface area (Å²) in [6.07, 6.45) is 3.67. The molecule has 2 amide bonds. The van der Waals surface area contributed by atoms with Gasteiger partial charge in [0.25, 0.3) is 11.8 Å². The number of amides is 2. The maximum Gasteiger partial charge on any atom is 0.269 e. The van der Waals surface area contributed by atoms with E-state index in [1.807, 2.05) is 6.92 Å². The first-order valence-corrected chi connectivity index (χ1v) is 9.49. The minimum Gasteiger partial charge on any atom is -0.351 e. The summed E-state index contributed by atoms with van der Waals surface area (Å²) in [5.41, 5.74) is 0.470. The van der Waals surface area contributed by atoms with E-state index in [2.05, 4.69) is 15.6 Å². The van der Waals surface area contributed by atoms with Crippen LogP contribution in [0.2, 0.25) is 0 Å². The molecule has 0 bridgehead atoms. The Labute approximate surface area is 135 Å². The lowest BCUT2D eigenvalue weighted by Gasteiger charge is -2.11. The molecule has 0 radical (unpaired) electrons. The van der Waals surface area contributed by atoms with Crippen molar-refractivity contribution in [3.63, 3.8) is 0 Å². The highest BCUT2D eigenvalue weighted by atomic mass is 32.2. The Morgan fingerprint density at radius 2 is 2.13 bits per heavy atom. The van der Waals surface area contributed by atoms with Crippen LogP contribution in [0.15, 0.2) is 18.3 Å². The van der Waals surface area contributed by atoms with E-state index in [0.717, 1.165) is 12.8 Å². The van der Waals surface area contributed by atoms with Gasteiger partial charge in [0, 0.05) is 24.3 Å². The molecule has 23 heavy (non-hydrogen) atoms. The molecule has 1 saturated heterocycles. The van der Waals surface area contributed by atoms with Gasteiger partial charge in [-0.05, 0) is 25.0 Å². The fourth-order valence-electron chi connectivity index (χ4n) is 2.34. The van der Waals surface area contributed by atoms with Crippen molar-refractivity contribution in [2.45, 2.75) is 32.2 Å². The van der Waals surface area contributed by atoms with Gasteiger partial charge in [-0.1, -0.05) is 13.3 Å². The second kappa shape index (κ2) is 7.54. The molecule has 1 aromatic heterocycles. The molecule has 0 aliphatic carbocycles. The van der Waals surface area contributed by atoms with Crippen LogP contribution in [0.5, 0.6) is 0 Å². The lowest BCUT2D eigenvalue weighted by atomic mass is 10.2. The molecule has 2 rings (SSSR count). The minimum atomic E-state index is -3.05. The lowest BCUT2D eigenvalue weighted by molar-refractivity contribution is 0.0941. The number of hydrogen-bond donors (Lipinski definition) is 2. The van der Waals surface area contributed by atoms with Gasteiger partial charge < -0.3 is 10.6 Å². The largest absolute Gasteiger partial charge is 0.351 e. The second-order valence-corrected chi connectivity index (χ2v) is 7.84. The van der Waals surface area contributed by atoms with Crippen LogP contribution in [0.4, 0.5) is 0 Å². The molecule has 1 aliphatic rings. The topological polar surface area (TPSA) is 105 Å². The number of hydrogen-bond acceptors (Lipinski definition) is 5. The number of aromatic nitrogens is 1. The molecule has 0 saturated carbocycles. The molecule has 126 valence electrons. The van der Waals surface area contributed by atoms with Crippen molar-refractivity contribution in [3.05, 3.63) is 29.6 Å². The van der Waals surface area contributed by atoms with Crippen molar-refractivity contribution in [2.75, 3.05) is 18.1 Å². The fourth-order valence-corrected chi connectivity index (χ4v) is 4.02. The third-order valence-electron chi connectivity index (χ3n) is 3.64. The Kier molecular flexibility index (Phi) is 5.70. The molecule has 1 aliphatic heterocycles. The van der Waals surface area contributed by atoms with Crippen LogP contribution in [0.1, 0.15) is 47.0 Å². The van der Waals surface area contributed by atoms with Crippen LogP contribution in [0.3, 0.4) is 0 Å². The van der Waals surface area contributed by atoms with Gasteiger partial charge in [-0.3, -0.25) is 14.6 Å². The fraction of sp³-hybridized carbons (Fsp3) is 0.533. The monoisotopic (exact) mass is 339 g/mol. The van der Waals surface area contributed by atoms with E-state index < -0.39 is 15.7 Å². The van der Waals surface area contributed by atoms with Gasteiger partial charge in [-0.2, -0.15) is 0 Å². The summed E-state index contributed by atoms with van der Waals surface area (Å²) >= 11 is 0. The molecule has 1 atom stereocenters. The van der Waals surface area contributed by atoms with Gasteiger partial charge in [0.1, 0.15) is 5.69 Å². The van der Waals surface area contributed by atoms with Crippen LogP contribution in [-0.4, -0.2) is 49.3 Å². The van der Waals surface area contributed by atoms with Crippen molar-refractivity contribution in [3.8, 4) is 0 Å². The van der Waals surface area contributed by atoms with Gasteiger partial charge in [-0.15, -0.1) is 0 Å². The number of carbonyl (C=O) groups is 2. The highest BCUT2D eigenvalue weighted by molar-refractivity contribution is 7.91. The Balaban J connectivity index is 1.98. The molecular formula is C15H21N3O4S. The smallest absolute Gasteiger partial charge is 0.269 e. The van der Waals surface area contributed by atoms with Crippen molar-refractivity contribution >= 4 is 21.7 Å². The van der Waals surface area contributed by atoms with Gasteiger partial charge in [-0.25, -0.2) is 8.42 Å². The number of nitrogens with zero attached hydrogens (tertiary/aromatic N) is 1. The Morgan fingerprint density at radius 1 is 1.35 bits per heavy atom. The first-order valence-electron chi connectivity index (χ1n) is 7.67. The zero-order valence-corrected chi connectivity index (χ0v) is 13.9. The van der Waals surface area contributed by atoms with Crippen LogP contribution >= 0.6 is 0 Å². The summed E-state index contributed by atoms with van der Waals surface area (Å²) < 4.78 is 22.8. The Hall–Kier alpha value is -1.96. The maximum atomic E-state index is 12.2. The average molecular weight is 339 g/mol. The van der Waals surface area contributed by atoms with Crippen LogP contribution < -0.4 is 10.6 Å². The lowest BCUT2D eigenvalue weighted by Crippen LogP contribution is -2.35. The van der Waals surface area contributed by atoms with Crippen molar-refractivity contribution in [2.24, 2.45) is 0 Å². The van der Waals surface area contributed by atoms with Crippen molar-refractivity contribution < 1.29 is 18.0 Å². The number of rotatable bonds is 6. The standard InChI is InChI=1S/C15H21N3O4S/c1-2-3-6-17-15(20)13-9-11(4-7-16-13)14(19)18-12-5-8-23(21,22)10-12/h4,7,9,12H,2-3,5-6,8,10H2,1H3,(H,17,20)(H,18,19). The van der Waals surface area contributed by atoms with E-state index in [1.54, 1.807) is 0 Å². The molecule has 1 fully saturated rings. The number of sulfone groups is 1. The van der Waals surface area contributed by atoms with E-state index in [0.29, 0.717) is 18.5 Å². The summed E-state index contributed by atoms with van der Waals surface area (Å²) in [6.45, 7) is 2.59. The molecule has 2 N–H and O–H groups in total. The van der Waals surface area contributed by atoms with Crippen LogP contribution in [0.25, 0.3) is 0 Å². The molecular weight excluding hydrogens is 318 g/mol. The summed E-state index contributed by atoms with van der Waals surface area (Å²) in [5.74, 6) is -0.651. The normalized spacial score (nSPS) is 19.3. The van der Waals surface area contributed by atoms with E-state index in [1.165, 1.54) is 18.3 Å². The molecule has 7 nitrogen and oxygen atoms in total.